The molecule has 0 radical (unpaired) electrons. The van der Waals surface area contributed by atoms with Gasteiger partial charge < -0.3 is 9.64 Å². The van der Waals surface area contributed by atoms with Gasteiger partial charge in [-0.25, -0.2) is 4.98 Å². The standard InChI is InChI=1S/C27H27N3O2/c1-18-4-8-24(13-25(18)23-9-5-21(14-28)6-10-23)26(31)12-22-7-11-27(29-15-22)30-16-19(2)32-20(3)17-30/h4-11,13,15,19-20H,12,16-17H2,1-3H3/t19-,20+. The minimum absolute atomic E-state index is 0.0584. The van der Waals surface area contributed by atoms with E-state index in [1.807, 2.05) is 49.4 Å². The number of hydrogen-bond donors (Lipinski definition) is 0. The largest absolute Gasteiger partial charge is 0.372 e. The van der Waals surface area contributed by atoms with Crippen molar-refractivity contribution in [3.05, 3.63) is 83.0 Å². The highest BCUT2D eigenvalue weighted by molar-refractivity contribution is 5.98. The lowest BCUT2D eigenvalue weighted by molar-refractivity contribution is -0.00546. The highest BCUT2D eigenvalue weighted by Crippen LogP contribution is 2.26. The first-order valence-electron chi connectivity index (χ1n) is 10.9. The van der Waals surface area contributed by atoms with E-state index in [9.17, 15) is 4.79 Å². The molecule has 2 aromatic carbocycles. The molecule has 1 aliphatic rings. The van der Waals surface area contributed by atoms with Gasteiger partial charge in [-0.2, -0.15) is 5.26 Å². The highest BCUT2D eigenvalue weighted by atomic mass is 16.5. The summed E-state index contributed by atoms with van der Waals surface area (Å²) in [6, 6.07) is 19.3. The molecule has 162 valence electrons. The Morgan fingerprint density at radius 1 is 1.09 bits per heavy atom. The second-order valence-corrected chi connectivity index (χ2v) is 8.51. The van der Waals surface area contributed by atoms with Gasteiger partial charge in [0.1, 0.15) is 5.82 Å². The Morgan fingerprint density at radius 2 is 1.81 bits per heavy atom. The maximum atomic E-state index is 13.0. The molecule has 1 aromatic heterocycles. The molecule has 0 aliphatic carbocycles. The van der Waals surface area contributed by atoms with E-state index in [4.69, 9.17) is 10.00 Å². The van der Waals surface area contributed by atoms with Crippen molar-refractivity contribution >= 4 is 11.6 Å². The van der Waals surface area contributed by atoms with Crippen molar-refractivity contribution < 1.29 is 9.53 Å². The zero-order valence-corrected chi connectivity index (χ0v) is 18.7. The van der Waals surface area contributed by atoms with Crippen molar-refractivity contribution in [3.63, 3.8) is 0 Å². The number of ketones is 1. The molecule has 0 bridgehead atoms. The number of carbonyl (C=O) groups excluding carboxylic acids is 1. The number of aryl methyl sites for hydroxylation is 1. The smallest absolute Gasteiger partial charge is 0.167 e. The number of anilines is 1. The number of Topliss-reactive ketones (excluding diaryl/α,β-unsaturated/α-hetero) is 1. The molecule has 5 heteroatoms. The second-order valence-electron chi connectivity index (χ2n) is 8.51. The summed E-state index contributed by atoms with van der Waals surface area (Å²) in [5, 5.41) is 9.02. The number of morpholine rings is 1. The lowest BCUT2D eigenvalue weighted by Crippen LogP contribution is -2.45. The zero-order valence-electron chi connectivity index (χ0n) is 18.7. The number of rotatable bonds is 5. The number of ether oxygens (including phenoxy) is 1. The fourth-order valence-electron chi connectivity index (χ4n) is 4.19. The monoisotopic (exact) mass is 425 g/mol. The second kappa shape index (κ2) is 9.33. The molecular formula is C27H27N3O2. The van der Waals surface area contributed by atoms with E-state index in [2.05, 4.69) is 29.8 Å². The summed E-state index contributed by atoms with van der Waals surface area (Å²) in [4.78, 5) is 19.8. The molecule has 3 aromatic rings. The number of pyridine rings is 1. The molecule has 2 atom stereocenters. The van der Waals surface area contributed by atoms with Gasteiger partial charge in [-0.05, 0) is 67.3 Å². The third kappa shape index (κ3) is 4.87. The van der Waals surface area contributed by atoms with E-state index in [1.165, 1.54) is 0 Å². The molecule has 0 amide bonds. The molecule has 1 saturated heterocycles. The van der Waals surface area contributed by atoms with Gasteiger partial charge in [-0.15, -0.1) is 0 Å². The van der Waals surface area contributed by atoms with E-state index in [1.54, 1.807) is 18.3 Å². The number of nitrogens with zero attached hydrogens (tertiary/aromatic N) is 3. The Balaban J connectivity index is 1.48. The number of carbonyl (C=O) groups is 1. The van der Waals surface area contributed by atoms with Crippen LogP contribution in [0.5, 0.6) is 0 Å². The first-order chi connectivity index (χ1) is 15.4. The number of nitriles is 1. The molecule has 1 aliphatic heterocycles. The highest BCUT2D eigenvalue weighted by Gasteiger charge is 2.23. The normalized spacial score (nSPS) is 18.2. The topological polar surface area (TPSA) is 66.2 Å². The fourth-order valence-corrected chi connectivity index (χ4v) is 4.19. The molecule has 2 heterocycles. The molecule has 0 N–H and O–H groups in total. The van der Waals surface area contributed by atoms with E-state index >= 15 is 0 Å². The molecule has 0 spiro atoms. The Kier molecular flexibility index (Phi) is 6.34. The zero-order chi connectivity index (χ0) is 22.7. The van der Waals surface area contributed by atoms with Crippen LogP contribution < -0.4 is 4.90 Å². The van der Waals surface area contributed by atoms with Crippen LogP contribution in [0, 0.1) is 18.3 Å². The number of aromatic nitrogens is 1. The summed E-state index contributed by atoms with van der Waals surface area (Å²) < 4.78 is 5.80. The lowest BCUT2D eigenvalue weighted by Gasteiger charge is -2.36. The van der Waals surface area contributed by atoms with E-state index in [0.29, 0.717) is 17.5 Å². The molecule has 32 heavy (non-hydrogen) atoms. The van der Waals surface area contributed by atoms with Gasteiger partial charge in [0.15, 0.2) is 5.78 Å². The van der Waals surface area contributed by atoms with Crippen molar-refractivity contribution in [3.8, 4) is 17.2 Å². The van der Waals surface area contributed by atoms with Crippen LogP contribution in [0.2, 0.25) is 0 Å². The van der Waals surface area contributed by atoms with E-state index < -0.39 is 0 Å². The first-order valence-corrected chi connectivity index (χ1v) is 10.9. The van der Waals surface area contributed by atoms with Crippen molar-refractivity contribution in [2.24, 2.45) is 0 Å². The summed E-state index contributed by atoms with van der Waals surface area (Å²) in [5.74, 6) is 0.977. The SMILES string of the molecule is Cc1ccc(C(=O)Cc2ccc(N3C[C@@H](C)O[C@@H](C)C3)nc2)cc1-c1ccc(C#N)cc1. The lowest BCUT2D eigenvalue weighted by atomic mass is 9.95. The van der Waals surface area contributed by atoms with Crippen LogP contribution in [0.3, 0.4) is 0 Å². The molecule has 0 saturated carbocycles. The summed E-state index contributed by atoms with van der Waals surface area (Å²) in [6.45, 7) is 7.80. The van der Waals surface area contributed by atoms with Gasteiger partial charge in [-0.1, -0.05) is 30.3 Å². The molecule has 0 unspecified atom stereocenters. The fraction of sp³-hybridized carbons (Fsp3) is 0.296. The van der Waals surface area contributed by atoms with Crippen LogP contribution in [0.25, 0.3) is 11.1 Å². The first kappa shape index (κ1) is 21.7. The molecular weight excluding hydrogens is 398 g/mol. The van der Waals surface area contributed by atoms with Crippen LogP contribution in [0.1, 0.15) is 40.9 Å². The Bertz CT molecular complexity index is 1140. The van der Waals surface area contributed by atoms with Crippen LogP contribution in [0.4, 0.5) is 5.82 Å². The number of benzene rings is 2. The van der Waals surface area contributed by atoms with Crippen LogP contribution in [-0.4, -0.2) is 36.1 Å². The minimum atomic E-state index is 0.0584. The van der Waals surface area contributed by atoms with Crippen LogP contribution in [0.15, 0.2) is 60.8 Å². The van der Waals surface area contributed by atoms with Gasteiger partial charge in [0, 0.05) is 31.3 Å². The summed E-state index contributed by atoms with van der Waals surface area (Å²) in [5.41, 5.74) is 5.28. The van der Waals surface area contributed by atoms with Crippen LogP contribution >= 0.6 is 0 Å². The Morgan fingerprint density at radius 3 is 2.44 bits per heavy atom. The summed E-state index contributed by atoms with van der Waals surface area (Å²) >= 11 is 0. The van der Waals surface area contributed by atoms with Gasteiger partial charge in [-0.3, -0.25) is 4.79 Å². The predicted molar refractivity (Wildman–Crippen MR) is 126 cm³/mol. The Labute approximate surface area is 189 Å². The predicted octanol–water partition coefficient (Wildman–Crippen LogP) is 4.97. The number of hydrogen-bond acceptors (Lipinski definition) is 5. The average molecular weight is 426 g/mol. The maximum Gasteiger partial charge on any atom is 0.167 e. The van der Waals surface area contributed by atoms with Gasteiger partial charge >= 0.3 is 0 Å². The van der Waals surface area contributed by atoms with Crippen molar-refractivity contribution in [1.82, 2.24) is 4.98 Å². The van der Waals surface area contributed by atoms with Gasteiger partial charge in [0.05, 0.1) is 23.8 Å². The van der Waals surface area contributed by atoms with Crippen molar-refractivity contribution in [2.45, 2.75) is 39.4 Å². The average Bonchev–Trinajstić information content (AvgIpc) is 2.79. The molecule has 5 nitrogen and oxygen atoms in total. The van der Waals surface area contributed by atoms with E-state index in [0.717, 1.165) is 41.2 Å². The van der Waals surface area contributed by atoms with Crippen molar-refractivity contribution in [1.29, 1.82) is 5.26 Å². The van der Waals surface area contributed by atoms with Crippen molar-refractivity contribution in [2.75, 3.05) is 18.0 Å². The van der Waals surface area contributed by atoms with Crippen LogP contribution in [-0.2, 0) is 11.2 Å². The molecule has 4 rings (SSSR count). The minimum Gasteiger partial charge on any atom is -0.372 e. The van der Waals surface area contributed by atoms with Gasteiger partial charge in [0.2, 0.25) is 0 Å². The quantitative estimate of drug-likeness (QED) is 0.540. The third-order valence-corrected chi connectivity index (χ3v) is 5.80. The summed E-state index contributed by atoms with van der Waals surface area (Å²) in [7, 11) is 0. The van der Waals surface area contributed by atoms with Gasteiger partial charge in [0.25, 0.3) is 0 Å². The maximum absolute atomic E-state index is 13.0. The van der Waals surface area contributed by atoms with E-state index in [-0.39, 0.29) is 18.0 Å². The third-order valence-electron chi connectivity index (χ3n) is 5.80. The Hall–Kier alpha value is -3.49. The molecule has 1 fully saturated rings. The summed E-state index contributed by atoms with van der Waals surface area (Å²) in [6.07, 6.45) is 2.45.